The Morgan fingerprint density at radius 2 is 2.32 bits per heavy atom. The zero-order valence-electron chi connectivity index (χ0n) is 10.8. The van der Waals surface area contributed by atoms with Crippen LogP contribution in [0.1, 0.15) is 36.2 Å². The molecule has 1 aromatic heterocycles. The minimum Gasteiger partial charge on any atom is -0.378 e. The summed E-state index contributed by atoms with van der Waals surface area (Å²) >= 11 is 0.723. The molecule has 3 nitrogen and oxygen atoms in total. The van der Waals surface area contributed by atoms with E-state index in [1.54, 1.807) is 0 Å². The van der Waals surface area contributed by atoms with Crippen LogP contribution in [0.4, 0.5) is 13.2 Å². The molecule has 0 bridgehead atoms. The normalized spacial score (nSPS) is 25.7. The van der Waals surface area contributed by atoms with Crippen molar-refractivity contribution in [2.24, 2.45) is 5.92 Å². The second kappa shape index (κ2) is 5.76. The number of hydrogen-bond donors (Lipinski definition) is 1. The molecule has 0 amide bonds. The highest BCUT2D eigenvalue weighted by Crippen LogP contribution is 2.39. The number of aromatic nitrogens is 1. The smallest absolute Gasteiger partial charge is 0.378 e. The van der Waals surface area contributed by atoms with E-state index in [1.807, 2.05) is 13.8 Å². The highest BCUT2D eigenvalue weighted by Gasteiger charge is 2.38. The average Bonchev–Trinajstić information content (AvgIpc) is 2.94. The van der Waals surface area contributed by atoms with E-state index in [-0.39, 0.29) is 18.1 Å². The van der Waals surface area contributed by atoms with Crippen LogP contribution in [0.25, 0.3) is 0 Å². The van der Waals surface area contributed by atoms with E-state index in [1.165, 1.54) is 6.20 Å². The Balaban J connectivity index is 2.21. The number of thiazole rings is 1. The Labute approximate surface area is 114 Å². The predicted octanol–water partition coefficient (Wildman–Crippen LogP) is 3.24. The van der Waals surface area contributed by atoms with Crippen molar-refractivity contribution in [1.29, 1.82) is 0 Å². The van der Waals surface area contributed by atoms with Crippen LogP contribution in [-0.4, -0.2) is 24.2 Å². The molecular weight excluding hydrogens is 277 g/mol. The minimum atomic E-state index is -4.36. The third-order valence-electron chi connectivity index (χ3n) is 3.36. The first kappa shape index (κ1) is 14.7. The van der Waals surface area contributed by atoms with Crippen molar-refractivity contribution in [2.75, 3.05) is 13.2 Å². The molecule has 1 aliphatic rings. The van der Waals surface area contributed by atoms with Crippen molar-refractivity contribution in [3.8, 4) is 0 Å². The van der Waals surface area contributed by atoms with Gasteiger partial charge in [-0.15, -0.1) is 11.3 Å². The molecule has 0 aliphatic carbocycles. The molecule has 19 heavy (non-hydrogen) atoms. The zero-order valence-corrected chi connectivity index (χ0v) is 11.6. The summed E-state index contributed by atoms with van der Waals surface area (Å²) in [6, 6.07) is -0.115. The number of hydrogen-bond acceptors (Lipinski definition) is 4. The third-order valence-corrected chi connectivity index (χ3v) is 4.48. The first-order valence-electron chi connectivity index (χ1n) is 6.31. The van der Waals surface area contributed by atoms with Gasteiger partial charge in [-0.05, 0) is 19.9 Å². The van der Waals surface area contributed by atoms with Crippen LogP contribution < -0.4 is 5.32 Å². The van der Waals surface area contributed by atoms with Gasteiger partial charge in [0, 0.05) is 29.6 Å². The van der Waals surface area contributed by atoms with E-state index < -0.39 is 11.2 Å². The van der Waals surface area contributed by atoms with Crippen molar-refractivity contribution < 1.29 is 17.9 Å². The van der Waals surface area contributed by atoms with Gasteiger partial charge in [-0.3, -0.25) is 0 Å². The van der Waals surface area contributed by atoms with Crippen LogP contribution in [-0.2, 0) is 10.9 Å². The van der Waals surface area contributed by atoms with Crippen molar-refractivity contribution in [2.45, 2.75) is 38.6 Å². The average molecular weight is 294 g/mol. The molecule has 0 spiro atoms. The van der Waals surface area contributed by atoms with Crippen molar-refractivity contribution >= 4 is 11.3 Å². The van der Waals surface area contributed by atoms with Gasteiger partial charge in [-0.2, -0.15) is 13.2 Å². The van der Waals surface area contributed by atoms with Crippen LogP contribution in [0.2, 0.25) is 0 Å². The summed E-state index contributed by atoms with van der Waals surface area (Å²) in [5, 5.41) is 2.48. The molecule has 1 N–H and O–H groups in total. The van der Waals surface area contributed by atoms with E-state index >= 15 is 0 Å². The fourth-order valence-electron chi connectivity index (χ4n) is 2.43. The number of nitrogens with zero attached hydrogens (tertiary/aromatic N) is 1. The minimum absolute atomic E-state index is 0.0560. The highest BCUT2D eigenvalue weighted by molar-refractivity contribution is 7.11. The lowest BCUT2D eigenvalue weighted by atomic mass is 9.92. The molecule has 0 saturated carbocycles. The van der Waals surface area contributed by atoms with Gasteiger partial charge in [-0.1, -0.05) is 6.92 Å². The summed E-state index contributed by atoms with van der Waals surface area (Å²) in [6.45, 7) is 5.28. The Hall–Kier alpha value is -0.660. The van der Waals surface area contributed by atoms with Gasteiger partial charge < -0.3 is 10.1 Å². The Morgan fingerprint density at radius 3 is 2.79 bits per heavy atom. The molecule has 1 aromatic rings. The number of halogens is 3. The van der Waals surface area contributed by atoms with Crippen molar-refractivity contribution in [3.05, 3.63) is 16.1 Å². The number of nitrogens with one attached hydrogen (secondary N) is 1. The van der Waals surface area contributed by atoms with Gasteiger partial charge in [-0.25, -0.2) is 4.98 Å². The zero-order chi connectivity index (χ0) is 14.0. The molecule has 2 heterocycles. The lowest BCUT2D eigenvalue weighted by Crippen LogP contribution is -2.31. The summed E-state index contributed by atoms with van der Waals surface area (Å²) in [6.07, 6.45) is -2.11. The largest absolute Gasteiger partial charge is 0.443 e. The lowest BCUT2D eigenvalue weighted by Gasteiger charge is -2.25. The van der Waals surface area contributed by atoms with Crippen LogP contribution >= 0.6 is 11.3 Å². The first-order chi connectivity index (χ1) is 8.93. The summed E-state index contributed by atoms with van der Waals surface area (Å²) in [4.78, 5) is 4.14. The molecule has 3 unspecified atom stereocenters. The summed E-state index contributed by atoms with van der Waals surface area (Å²) in [5.74, 6) is 0.196. The Morgan fingerprint density at radius 1 is 1.58 bits per heavy atom. The van der Waals surface area contributed by atoms with Gasteiger partial charge in [0.15, 0.2) is 5.01 Å². The molecular formula is C12H17F3N2OS. The van der Waals surface area contributed by atoms with Gasteiger partial charge in [0.1, 0.15) is 0 Å². The lowest BCUT2D eigenvalue weighted by molar-refractivity contribution is -0.137. The maximum Gasteiger partial charge on any atom is 0.443 e. The molecule has 1 saturated heterocycles. The molecule has 108 valence electrons. The fraction of sp³-hybridized carbons (Fsp3) is 0.750. The van der Waals surface area contributed by atoms with E-state index in [9.17, 15) is 13.2 Å². The molecule has 0 aromatic carbocycles. The topological polar surface area (TPSA) is 34.2 Å². The van der Waals surface area contributed by atoms with Gasteiger partial charge >= 0.3 is 6.18 Å². The van der Waals surface area contributed by atoms with Gasteiger partial charge in [0.25, 0.3) is 0 Å². The second-order valence-corrected chi connectivity index (χ2v) is 5.69. The van der Waals surface area contributed by atoms with Crippen LogP contribution in [0.15, 0.2) is 6.20 Å². The summed E-state index contributed by atoms with van der Waals surface area (Å²) in [5.41, 5.74) is 0. The molecule has 2 rings (SSSR count). The van der Waals surface area contributed by atoms with Crippen molar-refractivity contribution in [3.63, 3.8) is 0 Å². The molecule has 1 fully saturated rings. The van der Waals surface area contributed by atoms with Gasteiger partial charge in [0.05, 0.1) is 6.10 Å². The van der Waals surface area contributed by atoms with Crippen LogP contribution in [0.3, 0.4) is 0 Å². The molecule has 0 radical (unpaired) electrons. The first-order valence-corrected chi connectivity index (χ1v) is 7.13. The standard InChI is InChI=1S/C12H17F3N2OS/c1-3-16-10(8-4-5-18-7(8)2)9-6-17-11(19-9)12(13,14)15/h6-8,10,16H,3-5H2,1-2H3. The summed E-state index contributed by atoms with van der Waals surface area (Å²) < 4.78 is 43.3. The number of ether oxygens (including phenoxy) is 1. The second-order valence-electron chi connectivity index (χ2n) is 4.63. The Bertz CT molecular complexity index is 421. The molecule has 7 heteroatoms. The number of alkyl halides is 3. The Kier molecular flexibility index (Phi) is 4.47. The van der Waals surface area contributed by atoms with E-state index in [0.717, 1.165) is 17.8 Å². The van der Waals surface area contributed by atoms with E-state index in [4.69, 9.17) is 4.74 Å². The number of rotatable bonds is 4. The molecule has 1 aliphatic heterocycles. The summed E-state index contributed by atoms with van der Waals surface area (Å²) in [7, 11) is 0. The molecule has 3 atom stereocenters. The highest BCUT2D eigenvalue weighted by atomic mass is 32.1. The fourth-order valence-corrected chi connectivity index (χ4v) is 3.37. The third kappa shape index (κ3) is 3.27. The predicted molar refractivity (Wildman–Crippen MR) is 67.1 cm³/mol. The monoisotopic (exact) mass is 294 g/mol. The van der Waals surface area contributed by atoms with Crippen molar-refractivity contribution in [1.82, 2.24) is 10.3 Å². The van der Waals surface area contributed by atoms with Gasteiger partial charge in [0.2, 0.25) is 0 Å². The van der Waals surface area contributed by atoms with Crippen LogP contribution in [0.5, 0.6) is 0 Å². The maximum absolute atomic E-state index is 12.6. The van der Waals surface area contributed by atoms with E-state index in [0.29, 0.717) is 18.0 Å². The maximum atomic E-state index is 12.6. The SMILES string of the molecule is CCNC(c1cnc(C(F)(F)F)s1)C1CCOC1C. The quantitative estimate of drug-likeness (QED) is 0.925. The van der Waals surface area contributed by atoms with E-state index in [2.05, 4.69) is 10.3 Å². The van der Waals surface area contributed by atoms with Crippen LogP contribution in [0, 0.1) is 5.92 Å².